The van der Waals surface area contributed by atoms with Crippen molar-refractivity contribution in [3.63, 3.8) is 0 Å². The highest BCUT2D eigenvalue weighted by Gasteiger charge is 2.63. The van der Waals surface area contributed by atoms with Gasteiger partial charge in [-0.05, 0) is 89.6 Å². The van der Waals surface area contributed by atoms with Gasteiger partial charge in [-0.15, -0.1) is 0 Å². The van der Waals surface area contributed by atoms with E-state index in [-0.39, 0.29) is 50.4 Å². The molecular formula is C41H50N6O10S. The van der Waals surface area contributed by atoms with E-state index in [2.05, 4.69) is 20.3 Å². The van der Waals surface area contributed by atoms with E-state index in [9.17, 15) is 32.4 Å². The summed E-state index contributed by atoms with van der Waals surface area (Å²) in [5.74, 6) is -2.34. The third-order valence-corrected chi connectivity index (χ3v) is 13.6. The van der Waals surface area contributed by atoms with Crippen LogP contribution in [0.15, 0.2) is 48.6 Å². The number of alkyl carbamates (subject to hydrolysis) is 1. The van der Waals surface area contributed by atoms with Gasteiger partial charge in [0, 0.05) is 43.0 Å². The van der Waals surface area contributed by atoms with Crippen LogP contribution >= 0.6 is 0 Å². The third-order valence-electron chi connectivity index (χ3n) is 11.8. The van der Waals surface area contributed by atoms with Crippen molar-refractivity contribution >= 4 is 39.7 Å². The fraction of sp³-hybridized carbons (Fsp3) is 0.561. The predicted octanol–water partition coefficient (Wildman–Crippen LogP) is 3.27. The Morgan fingerprint density at radius 3 is 2.55 bits per heavy atom. The van der Waals surface area contributed by atoms with E-state index in [1.807, 2.05) is 18.2 Å². The molecule has 5 heterocycles. The number of likely N-dealkylation sites (tertiary alicyclic amines) is 1. The molecule has 4 aliphatic heterocycles. The predicted molar refractivity (Wildman–Crippen MR) is 209 cm³/mol. The van der Waals surface area contributed by atoms with Gasteiger partial charge in [-0.1, -0.05) is 31.1 Å². The third kappa shape index (κ3) is 8.09. The standard InChI is InChI=1S/C41H50N6O10S/c1-40(2,3)57-39(52)43-31-11-8-6-4-5-7-10-26-19-41(26,38(51)45-58(53,54)27-15-16-27)44-35(48)34-28-22-46(20-25(28)21-47(34)37(31)50)36(49)30-13-9-12-29(42-30)24-14-17-32-33(18-24)56-23-55-32/h7,9-10,12-14,17-18,25-28,31,34H,4-6,8,11,15-16,19-23H2,1-3H3,(H,43,52)(H,44,48)(H,45,51)/b10-7-/t25-,26+,28-,31-,34-,41+/m0/s1. The number of nitrogens with one attached hydrogen (secondary N) is 3. The summed E-state index contributed by atoms with van der Waals surface area (Å²) in [6.07, 6.45) is 7.30. The van der Waals surface area contributed by atoms with Crippen molar-refractivity contribution in [2.75, 3.05) is 26.4 Å². The van der Waals surface area contributed by atoms with Gasteiger partial charge in [0.15, 0.2) is 11.5 Å². The Bertz CT molecular complexity index is 2150. The zero-order chi connectivity index (χ0) is 41.0. The first kappa shape index (κ1) is 39.6. The second-order valence-electron chi connectivity index (χ2n) is 17.3. The molecule has 6 aliphatic rings. The largest absolute Gasteiger partial charge is 0.454 e. The number of carbonyl (C=O) groups is 5. The van der Waals surface area contributed by atoms with Gasteiger partial charge in [0.1, 0.15) is 28.9 Å². The lowest BCUT2D eigenvalue weighted by Gasteiger charge is -2.33. The molecule has 0 radical (unpaired) electrons. The molecule has 58 heavy (non-hydrogen) atoms. The monoisotopic (exact) mass is 818 g/mol. The summed E-state index contributed by atoms with van der Waals surface area (Å²) in [6.45, 7) is 5.76. The Balaban J connectivity index is 1.07. The molecule has 16 nitrogen and oxygen atoms in total. The lowest BCUT2D eigenvalue weighted by atomic mass is 9.93. The smallest absolute Gasteiger partial charge is 0.408 e. The van der Waals surface area contributed by atoms with Crippen molar-refractivity contribution in [3.8, 4) is 22.8 Å². The fourth-order valence-corrected chi connectivity index (χ4v) is 9.98. The highest BCUT2D eigenvalue weighted by molar-refractivity contribution is 7.91. The van der Waals surface area contributed by atoms with Crippen LogP contribution in [-0.2, 0) is 29.1 Å². The number of ether oxygens (including phenoxy) is 3. The van der Waals surface area contributed by atoms with Crippen molar-refractivity contribution < 1.29 is 46.6 Å². The van der Waals surface area contributed by atoms with Gasteiger partial charge in [-0.3, -0.25) is 23.9 Å². The number of allylic oxidation sites excluding steroid dienone is 1. The fourth-order valence-electron chi connectivity index (χ4n) is 8.62. The number of rotatable bonds is 6. The Kier molecular flexibility index (Phi) is 10.4. The summed E-state index contributed by atoms with van der Waals surface area (Å²) in [5, 5.41) is 5.03. The molecule has 8 rings (SSSR count). The molecule has 0 bridgehead atoms. The van der Waals surface area contributed by atoms with Gasteiger partial charge < -0.3 is 34.6 Å². The van der Waals surface area contributed by atoms with Crippen molar-refractivity contribution in [2.45, 2.75) is 101 Å². The maximum atomic E-state index is 14.7. The Morgan fingerprint density at radius 1 is 0.983 bits per heavy atom. The van der Waals surface area contributed by atoms with E-state index in [1.54, 1.807) is 56.0 Å². The topological polar surface area (TPSA) is 203 Å². The molecule has 0 spiro atoms. The molecule has 1 aromatic carbocycles. The zero-order valence-corrected chi connectivity index (χ0v) is 33.7. The number of fused-ring (bicyclic) bond motifs is 5. The first-order chi connectivity index (χ1) is 27.6. The molecule has 2 aliphatic carbocycles. The van der Waals surface area contributed by atoms with Crippen LogP contribution in [0, 0.1) is 17.8 Å². The summed E-state index contributed by atoms with van der Waals surface area (Å²) in [5.41, 5.74) is -0.848. The lowest BCUT2D eigenvalue weighted by Crippen LogP contribution is -2.60. The van der Waals surface area contributed by atoms with E-state index in [1.165, 1.54) is 4.90 Å². The van der Waals surface area contributed by atoms with Crippen LogP contribution in [0.1, 0.15) is 82.6 Å². The first-order valence-electron chi connectivity index (χ1n) is 20.1. The molecule has 17 heteroatoms. The number of pyridine rings is 1. The first-order valence-corrected chi connectivity index (χ1v) is 21.7. The van der Waals surface area contributed by atoms with Crippen LogP contribution in [0.5, 0.6) is 11.5 Å². The summed E-state index contributed by atoms with van der Waals surface area (Å²) in [4.78, 5) is 78.1. The summed E-state index contributed by atoms with van der Waals surface area (Å²) >= 11 is 0. The number of amides is 5. The highest BCUT2D eigenvalue weighted by atomic mass is 32.2. The van der Waals surface area contributed by atoms with E-state index >= 15 is 0 Å². The van der Waals surface area contributed by atoms with Crippen LogP contribution in [0.25, 0.3) is 11.3 Å². The number of carbonyl (C=O) groups excluding carboxylic acids is 5. The molecule has 2 aromatic rings. The van der Waals surface area contributed by atoms with Crippen LogP contribution in [0.4, 0.5) is 4.79 Å². The average molecular weight is 819 g/mol. The molecule has 5 amide bonds. The summed E-state index contributed by atoms with van der Waals surface area (Å²) in [6, 6.07) is 8.46. The quantitative estimate of drug-likeness (QED) is 0.361. The second-order valence-corrected chi connectivity index (χ2v) is 19.2. The number of hydrogen-bond acceptors (Lipinski definition) is 11. The Labute approximate surface area is 337 Å². The molecule has 2 saturated carbocycles. The maximum absolute atomic E-state index is 14.7. The number of hydrogen-bond donors (Lipinski definition) is 3. The molecular weight excluding hydrogens is 769 g/mol. The minimum atomic E-state index is -3.92. The Hall–Kier alpha value is -5.19. The normalized spacial score (nSPS) is 28.8. The van der Waals surface area contributed by atoms with E-state index in [0.29, 0.717) is 49.3 Å². The Morgan fingerprint density at radius 2 is 1.78 bits per heavy atom. The minimum absolute atomic E-state index is 0.112. The lowest BCUT2D eigenvalue weighted by molar-refractivity contribution is -0.142. The second kappa shape index (κ2) is 15.2. The maximum Gasteiger partial charge on any atom is 0.408 e. The molecule has 6 atom stereocenters. The van der Waals surface area contributed by atoms with E-state index in [4.69, 9.17) is 14.2 Å². The van der Waals surface area contributed by atoms with Crippen molar-refractivity contribution in [1.82, 2.24) is 30.1 Å². The molecule has 0 unspecified atom stereocenters. The van der Waals surface area contributed by atoms with Crippen LogP contribution in [0.2, 0.25) is 0 Å². The molecule has 4 fully saturated rings. The minimum Gasteiger partial charge on any atom is -0.454 e. The number of sulfonamides is 1. The van der Waals surface area contributed by atoms with Gasteiger partial charge in [-0.2, -0.15) is 0 Å². The SMILES string of the molecule is CC(C)(C)OC(=O)N[C@H]1CCCCC/C=C\[C@@H]2C[C@@]2(C(=O)NS(=O)(=O)C2CC2)NC(=O)[C@@H]2[C@H]3CN(C(=O)c4cccc(-c5ccc6c(c5)OCO6)n4)C[C@H]3CN2C1=O. The van der Waals surface area contributed by atoms with Gasteiger partial charge in [-0.25, -0.2) is 18.2 Å². The zero-order valence-electron chi connectivity index (χ0n) is 32.9. The number of nitrogens with zero attached hydrogens (tertiary/aromatic N) is 3. The molecule has 3 N–H and O–H groups in total. The van der Waals surface area contributed by atoms with Crippen LogP contribution in [-0.4, -0.2) is 108 Å². The van der Waals surface area contributed by atoms with Gasteiger partial charge in [0.2, 0.25) is 28.6 Å². The molecule has 310 valence electrons. The van der Waals surface area contributed by atoms with Gasteiger partial charge in [0.25, 0.3) is 11.8 Å². The van der Waals surface area contributed by atoms with Gasteiger partial charge >= 0.3 is 6.09 Å². The highest BCUT2D eigenvalue weighted by Crippen LogP contribution is 2.47. The van der Waals surface area contributed by atoms with Gasteiger partial charge in [0.05, 0.1) is 10.9 Å². The number of benzene rings is 1. The average Bonchev–Trinajstić information content (AvgIpc) is 4.00. The number of aromatic nitrogens is 1. The molecule has 2 saturated heterocycles. The van der Waals surface area contributed by atoms with Crippen LogP contribution in [0.3, 0.4) is 0 Å². The van der Waals surface area contributed by atoms with Crippen molar-refractivity contribution in [1.29, 1.82) is 0 Å². The van der Waals surface area contributed by atoms with Crippen molar-refractivity contribution in [3.05, 3.63) is 54.2 Å². The summed E-state index contributed by atoms with van der Waals surface area (Å²) in [7, 11) is -3.92. The molecule has 1 aromatic heterocycles. The summed E-state index contributed by atoms with van der Waals surface area (Å²) < 4.78 is 44.6. The van der Waals surface area contributed by atoms with E-state index in [0.717, 1.165) is 18.4 Å². The van der Waals surface area contributed by atoms with E-state index < -0.39 is 74.1 Å². The van der Waals surface area contributed by atoms with Crippen molar-refractivity contribution in [2.24, 2.45) is 17.8 Å². The van der Waals surface area contributed by atoms with Crippen LogP contribution < -0.4 is 24.8 Å².